The summed E-state index contributed by atoms with van der Waals surface area (Å²) in [7, 11) is 1.32. The summed E-state index contributed by atoms with van der Waals surface area (Å²) >= 11 is 7.30. The standard InChI is InChI=1S/C15H20ClNO3S/c1-10(2)14(15(19)20-3)17-13(18)9-21-8-11-4-6-12(16)7-5-11/h4-7,10,14H,8-9H2,1-3H3,(H,17,18). The predicted molar refractivity (Wildman–Crippen MR) is 86.4 cm³/mol. The largest absolute Gasteiger partial charge is 0.467 e. The third kappa shape index (κ3) is 6.40. The molecule has 1 aromatic carbocycles. The number of carbonyl (C=O) groups excluding carboxylic acids is 2. The first-order chi connectivity index (χ1) is 9.93. The van der Waals surface area contributed by atoms with E-state index in [1.165, 1.54) is 18.9 Å². The van der Waals surface area contributed by atoms with Crippen LogP contribution in [0.4, 0.5) is 0 Å². The highest BCUT2D eigenvalue weighted by Crippen LogP contribution is 2.15. The van der Waals surface area contributed by atoms with Crippen LogP contribution in [0.5, 0.6) is 0 Å². The molecule has 21 heavy (non-hydrogen) atoms. The Balaban J connectivity index is 2.39. The van der Waals surface area contributed by atoms with Gasteiger partial charge in [0.25, 0.3) is 0 Å². The van der Waals surface area contributed by atoms with Crippen LogP contribution in [0, 0.1) is 5.92 Å². The maximum atomic E-state index is 11.9. The first-order valence-corrected chi connectivity index (χ1v) is 8.16. The molecule has 0 saturated heterocycles. The highest BCUT2D eigenvalue weighted by molar-refractivity contribution is 7.99. The van der Waals surface area contributed by atoms with E-state index in [9.17, 15) is 9.59 Å². The van der Waals surface area contributed by atoms with Crippen molar-refractivity contribution in [2.45, 2.75) is 25.6 Å². The smallest absolute Gasteiger partial charge is 0.328 e. The minimum absolute atomic E-state index is 0.0114. The van der Waals surface area contributed by atoms with Crippen molar-refractivity contribution in [3.63, 3.8) is 0 Å². The first-order valence-electron chi connectivity index (χ1n) is 6.63. The second-order valence-electron chi connectivity index (χ2n) is 4.93. The topological polar surface area (TPSA) is 55.4 Å². The Morgan fingerprint density at radius 3 is 2.43 bits per heavy atom. The van der Waals surface area contributed by atoms with Gasteiger partial charge in [-0.05, 0) is 23.6 Å². The molecule has 1 N–H and O–H groups in total. The molecule has 0 aromatic heterocycles. The molecule has 4 nitrogen and oxygen atoms in total. The van der Waals surface area contributed by atoms with E-state index in [1.807, 2.05) is 38.1 Å². The van der Waals surface area contributed by atoms with E-state index in [1.54, 1.807) is 0 Å². The molecule has 0 heterocycles. The minimum Gasteiger partial charge on any atom is -0.467 e. The molecule has 0 aliphatic carbocycles. The molecule has 0 fully saturated rings. The van der Waals surface area contributed by atoms with Crippen molar-refractivity contribution in [1.82, 2.24) is 5.32 Å². The van der Waals surface area contributed by atoms with Gasteiger partial charge < -0.3 is 10.1 Å². The molecule has 0 saturated carbocycles. The van der Waals surface area contributed by atoms with Gasteiger partial charge in [0, 0.05) is 10.8 Å². The van der Waals surface area contributed by atoms with Gasteiger partial charge in [0.05, 0.1) is 12.9 Å². The molecule has 0 aliphatic heterocycles. The summed E-state index contributed by atoms with van der Waals surface area (Å²) in [4.78, 5) is 23.4. The molecule has 6 heteroatoms. The number of carbonyl (C=O) groups is 2. The summed E-state index contributed by atoms with van der Waals surface area (Å²) < 4.78 is 4.69. The van der Waals surface area contributed by atoms with E-state index in [2.05, 4.69) is 10.1 Å². The molecule has 0 bridgehead atoms. The minimum atomic E-state index is -0.598. The van der Waals surface area contributed by atoms with Crippen LogP contribution in [-0.4, -0.2) is 30.8 Å². The van der Waals surface area contributed by atoms with E-state index in [0.29, 0.717) is 10.8 Å². The van der Waals surface area contributed by atoms with Crippen LogP contribution in [0.3, 0.4) is 0 Å². The van der Waals surface area contributed by atoms with Crippen LogP contribution in [0.15, 0.2) is 24.3 Å². The van der Waals surface area contributed by atoms with Crippen molar-refractivity contribution < 1.29 is 14.3 Å². The number of benzene rings is 1. The molecule has 1 aromatic rings. The highest BCUT2D eigenvalue weighted by Gasteiger charge is 2.24. The Morgan fingerprint density at radius 1 is 1.29 bits per heavy atom. The highest BCUT2D eigenvalue weighted by atomic mass is 35.5. The van der Waals surface area contributed by atoms with Crippen LogP contribution in [0.2, 0.25) is 5.02 Å². The average Bonchev–Trinajstić information content (AvgIpc) is 2.45. The fourth-order valence-electron chi connectivity index (χ4n) is 1.68. The zero-order valence-electron chi connectivity index (χ0n) is 12.4. The van der Waals surface area contributed by atoms with Gasteiger partial charge in [-0.1, -0.05) is 37.6 Å². The summed E-state index contributed by atoms with van der Waals surface area (Å²) in [6.45, 7) is 3.73. The van der Waals surface area contributed by atoms with Crippen molar-refractivity contribution in [1.29, 1.82) is 0 Å². The van der Waals surface area contributed by atoms with Crippen LogP contribution in [0.25, 0.3) is 0 Å². The number of rotatable bonds is 7. The van der Waals surface area contributed by atoms with Gasteiger partial charge >= 0.3 is 5.97 Å². The van der Waals surface area contributed by atoms with Crippen LogP contribution >= 0.6 is 23.4 Å². The molecule has 116 valence electrons. The molecule has 1 amide bonds. The van der Waals surface area contributed by atoms with Gasteiger partial charge in [-0.3, -0.25) is 4.79 Å². The number of hydrogen-bond acceptors (Lipinski definition) is 4. The Kier molecular flexibility index (Phi) is 7.61. The average molecular weight is 330 g/mol. The van der Waals surface area contributed by atoms with Crippen LogP contribution in [-0.2, 0) is 20.1 Å². The van der Waals surface area contributed by atoms with E-state index >= 15 is 0 Å². The normalized spacial score (nSPS) is 12.0. The van der Waals surface area contributed by atoms with E-state index < -0.39 is 12.0 Å². The zero-order valence-corrected chi connectivity index (χ0v) is 14.0. The number of esters is 1. The summed E-state index contributed by atoms with van der Waals surface area (Å²) in [5, 5.41) is 3.40. The number of nitrogens with one attached hydrogen (secondary N) is 1. The molecule has 0 aliphatic rings. The van der Waals surface area contributed by atoms with Crippen molar-refractivity contribution in [2.75, 3.05) is 12.9 Å². The van der Waals surface area contributed by atoms with Crippen molar-refractivity contribution in [3.8, 4) is 0 Å². The Hall–Kier alpha value is -1.20. The molecule has 1 atom stereocenters. The summed E-state index contributed by atoms with van der Waals surface area (Å²) in [5.74, 6) is 0.416. The van der Waals surface area contributed by atoms with E-state index in [4.69, 9.17) is 11.6 Å². The quantitative estimate of drug-likeness (QED) is 0.781. The Morgan fingerprint density at radius 2 is 1.90 bits per heavy atom. The van der Waals surface area contributed by atoms with Crippen molar-refractivity contribution >= 4 is 35.2 Å². The fraction of sp³-hybridized carbons (Fsp3) is 0.467. The van der Waals surface area contributed by atoms with Gasteiger partial charge in [0.2, 0.25) is 5.91 Å². The lowest BCUT2D eigenvalue weighted by molar-refractivity contribution is -0.146. The summed E-state index contributed by atoms with van der Waals surface area (Å²) in [6.07, 6.45) is 0. The molecule has 1 unspecified atom stereocenters. The first kappa shape index (κ1) is 17.9. The van der Waals surface area contributed by atoms with Crippen LogP contribution < -0.4 is 5.32 Å². The van der Waals surface area contributed by atoms with E-state index in [0.717, 1.165) is 11.3 Å². The lowest BCUT2D eigenvalue weighted by Crippen LogP contribution is -2.45. The second-order valence-corrected chi connectivity index (χ2v) is 6.35. The summed E-state index contributed by atoms with van der Waals surface area (Å²) in [6, 6.07) is 6.91. The lowest BCUT2D eigenvalue weighted by Gasteiger charge is -2.19. The van der Waals surface area contributed by atoms with Gasteiger partial charge in [-0.2, -0.15) is 0 Å². The Labute approximate surface area is 134 Å². The number of amides is 1. The SMILES string of the molecule is COC(=O)C(NC(=O)CSCc1ccc(Cl)cc1)C(C)C. The van der Waals surface area contributed by atoms with Gasteiger partial charge in [0.15, 0.2) is 0 Å². The molecule has 1 rings (SSSR count). The number of ether oxygens (including phenoxy) is 1. The molecular formula is C15H20ClNO3S. The third-order valence-electron chi connectivity index (χ3n) is 2.85. The van der Waals surface area contributed by atoms with Crippen molar-refractivity contribution in [3.05, 3.63) is 34.9 Å². The molecule has 0 spiro atoms. The fourth-order valence-corrected chi connectivity index (χ4v) is 2.61. The molecular weight excluding hydrogens is 310 g/mol. The van der Waals surface area contributed by atoms with Gasteiger partial charge in [-0.15, -0.1) is 11.8 Å². The number of thioether (sulfide) groups is 1. The van der Waals surface area contributed by atoms with Crippen molar-refractivity contribution in [2.24, 2.45) is 5.92 Å². The summed E-state index contributed by atoms with van der Waals surface area (Å²) in [5.41, 5.74) is 1.10. The van der Waals surface area contributed by atoms with Gasteiger partial charge in [-0.25, -0.2) is 4.79 Å². The van der Waals surface area contributed by atoms with Crippen LogP contribution in [0.1, 0.15) is 19.4 Å². The maximum Gasteiger partial charge on any atom is 0.328 e. The van der Waals surface area contributed by atoms with Gasteiger partial charge in [0.1, 0.15) is 6.04 Å². The Bertz CT molecular complexity index is 476. The number of methoxy groups -OCH3 is 1. The zero-order chi connectivity index (χ0) is 15.8. The maximum absolute atomic E-state index is 11.9. The number of halogens is 1. The molecule has 0 radical (unpaired) electrons. The lowest BCUT2D eigenvalue weighted by atomic mass is 10.1. The number of hydrogen-bond donors (Lipinski definition) is 1. The predicted octanol–water partition coefficient (Wildman–Crippen LogP) is 2.89. The second kappa shape index (κ2) is 8.95. The van der Waals surface area contributed by atoms with E-state index in [-0.39, 0.29) is 11.8 Å². The third-order valence-corrected chi connectivity index (χ3v) is 4.11. The monoisotopic (exact) mass is 329 g/mol.